The van der Waals surface area contributed by atoms with Gasteiger partial charge in [-0.3, -0.25) is 4.79 Å². The fourth-order valence-corrected chi connectivity index (χ4v) is 11.2. The molecule has 1 aromatic heterocycles. The molecular formula is C43H46O9. The van der Waals surface area contributed by atoms with E-state index >= 15 is 0 Å². The molecule has 0 bridgehead atoms. The molecule has 2 aliphatic heterocycles. The molecule has 3 heterocycles. The number of hydrogen-bond donors (Lipinski definition) is 0. The minimum atomic E-state index is -0.818. The number of benzene rings is 2. The maximum atomic E-state index is 14.0. The summed E-state index contributed by atoms with van der Waals surface area (Å²) in [5.74, 6) is -1.86. The lowest BCUT2D eigenvalue weighted by atomic mass is 9.40. The van der Waals surface area contributed by atoms with Gasteiger partial charge in [-0.1, -0.05) is 74.9 Å². The Morgan fingerprint density at radius 3 is 2.35 bits per heavy atom. The second-order valence-corrected chi connectivity index (χ2v) is 15.9. The fraction of sp³-hybridized carbons (Fsp3) is 0.465. The van der Waals surface area contributed by atoms with E-state index in [-0.39, 0.29) is 48.8 Å². The molecule has 2 saturated heterocycles. The molecule has 5 aliphatic rings. The Morgan fingerprint density at radius 1 is 0.923 bits per heavy atom. The number of rotatable bonds is 8. The summed E-state index contributed by atoms with van der Waals surface area (Å²) in [6.45, 7) is 8.95. The van der Waals surface area contributed by atoms with Gasteiger partial charge in [-0.25, -0.2) is 9.59 Å². The lowest BCUT2D eigenvalue weighted by molar-refractivity contribution is -0.245. The Kier molecular flexibility index (Phi) is 8.57. The number of esters is 3. The maximum Gasteiger partial charge on any atom is 0.338 e. The fourth-order valence-electron chi connectivity index (χ4n) is 11.2. The first-order chi connectivity index (χ1) is 25.0. The van der Waals surface area contributed by atoms with Gasteiger partial charge in [0.15, 0.2) is 0 Å². The standard InChI is InChI=1S/C43H46O9/c1-25-29(28-18-19-48-23-28)20-30-36(25)43(4)31(21-35(45)47-5)42(3)33(52-40(46)27-14-10-7-11-15-27)22-32(41(2)24-49-37(38(41)42)39(43)50-30)51-34(44)17-16-26-12-8-6-9-13-26/h6-19,23,29-33,37-39H,20-22,24H2,1-5H3/b17-16+/t29-,30-,31-,32-,33+,37-,38+,39-,41-,42+,43-/m1/s1. The predicted molar refractivity (Wildman–Crippen MR) is 191 cm³/mol. The first-order valence-corrected chi connectivity index (χ1v) is 18.3. The van der Waals surface area contributed by atoms with Gasteiger partial charge in [-0.2, -0.15) is 0 Å². The Bertz CT molecular complexity index is 1900. The van der Waals surface area contributed by atoms with Crippen molar-refractivity contribution in [1.29, 1.82) is 0 Å². The van der Waals surface area contributed by atoms with Crippen molar-refractivity contribution in [2.45, 2.75) is 83.4 Å². The molecule has 8 rings (SSSR count). The van der Waals surface area contributed by atoms with Gasteiger partial charge in [-0.15, -0.1) is 0 Å². The van der Waals surface area contributed by atoms with Crippen LogP contribution in [0.1, 0.15) is 74.4 Å². The van der Waals surface area contributed by atoms with Crippen LogP contribution in [0, 0.1) is 28.1 Å². The van der Waals surface area contributed by atoms with E-state index in [1.165, 1.54) is 24.3 Å². The van der Waals surface area contributed by atoms with Gasteiger partial charge < -0.3 is 28.1 Å². The summed E-state index contributed by atoms with van der Waals surface area (Å²) < 4.78 is 37.7. The molecule has 0 unspecified atom stereocenters. The Morgan fingerprint density at radius 2 is 1.65 bits per heavy atom. The van der Waals surface area contributed by atoms with Crippen LogP contribution in [0.25, 0.3) is 6.08 Å². The van der Waals surface area contributed by atoms with Crippen molar-refractivity contribution >= 4 is 24.0 Å². The van der Waals surface area contributed by atoms with Gasteiger partial charge in [0.25, 0.3) is 0 Å². The maximum absolute atomic E-state index is 14.0. The van der Waals surface area contributed by atoms with Crippen LogP contribution in [0.15, 0.2) is 101 Å². The second-order valence-electron chi connectivity index (χ2n) is 15.9. The zero-order chi connectivity index (χ0) is 36.4. The minimum absolute atomic E-state index is 0.0895. The molecule has 9 heteroatoms. The van der Waals surface area contributed by atoms with Crippen molar-refractivity contribution < 1.29 is 42.5 Å². The van der Waals surface area contributed by atoms with Crippen LogP contribution in [0.4, 0.5) is 0 Å². The number of hydrogen-bond acceptors (Lipinski definition) is 9. The van der Waals surface area contributed by atoms with Gasteiger partial charge in [0.2, 0.25) is 0 Å². The molecule has 272 valence electrons. The highest BCUT2D eigenvalue weighted by Gasteiger charge is 2.78. The van der Waals surface area contributed by atoms with E-state index in [0.717, 1.165) is 17.5 Å². The van der Waals surface area contributed by atoms with Crippen molar-refractivity contribution in [2.24, 2.45) is 28.1 Å². The zero-order valence-corrected chi connectivity index (χ0v) is 30.3. The SMILES string of the molecule is COC(=O)C[C@H]1[C@]2(C)C3=C(C)[C@H](c4ccoc4)C[C@H]3O[C@@H]2[C@@H]2OC[C@]3(C)[C@H](OC(=O)/C=C/c4ccccc4)C[C@H](OC(=O)c4ccccc4)[C@@]1(C)[C@@H]23. The van der Waals surface area contributed by atoms with E-state index in [1.807, 2.05) is 42.5 Å². The van der Waals surface area contributed by atoms with Gasteiger partial charge >= 0.3 is 17.9 Å². The van der Waals surface area contributed by atoms with Gasteiger partial charge in [0.1, 0.15) is 12.2 Å². The summed E-state index contributed by atoms with van der Waals surface area (Å²) in [7, 11) is 1.41. The number of carbonyl (C=O) groups is 3. The molecule has 0 radical (unpaired) electrons. The predicted octanol–water partition coefficient (Wildman–Crippen LogP) is 7.33. The van der Waals surface area contributed by atoms with Crippen molar-refractivity contribution in [3.63, 3.8) is 0 Å². The van der Waals surface area contributed by atoms with Crippen molar-refractivity contribution in [3.8, 4) is 0 Å². The number of ether oxygens (including phenoxy) is 5. The Balaban J connectivity index is 1.24. The summed E-state index contributed by atoms with van der Waals surface area (Å²) in [4.78, 5) is 41.0. The number of fused-ring (bicyclic) bond motifs is 4. The van der Waals surface area contributed by atoms with E-state index in [2.05, 4.69) is 27.7 Å². The topological polar surface area (TPSA) is 111 Å². The Hall–Kier alpha value is -4.47. The summed E-state index contributed by atoms with van der Waals surface area (Å²) in [6.07, 6.45) is 5.37. The largest absolute Gasteiger partial charge is 0.472 e. The van der Waals surface area contributed by atoms with Crippen molar-refractivity contribution in [3.05, 3.63) is 113 Å². The highest BCUT2D eigenvalue weighted by molar-refractivity contribution is 5.89. The third kappa shape index (κ3) is 5.22. The van der Waals surface area contributed by atoms with E-state index in [1.54, 1.807) is 42.9 Å². The number of carbonyl (C=O) groups excluding carboxylic acids is 3. The van der Waals surface area contributed by atoms with Crippen LogP contribution < -0.4 is 0 Å². The van der Waals surface area contributed by atoms with E-state index < -0.39 is 46.5 Å². The lowest BCUT2D eigenvalue weighted by Crippen LogP contribution is -2.71. The second kappa shape index (κ2) is 12.9. The molecule has 2 aromatic carbocycles. The van der Waals surface area contributed by atoms with Crippen molar-refractivity contribution in [1.82, 2.24) is 0 Å². The molecule has 0 N–H and O–H groups in total. The summed E-state index contributed by atoms with van der Waals surface area (Å²) in [5, 5.41) is 0. The normalized spacial score (nSPS) is 37.3. The number of furan rings is 1. The monoisotopic (exact) mass is 706 g/mol. The van der Waals surface area contributed by atoms with Crippen LogP contribution in [-0.4, -0.2) is 62.1 Å². The average molecular weight is 707 g/mol. The Labute approximate surface area is 304 Å². The average Bonchev–Trinajstić information content (AvgIpc) is 3.93. The quantitative estimate of drug-likeness (QED) is 0.103. The van der Waals surface area contributed by atoms with Crippen LogP contribution in [0.2, 0.25) is 0 Å². The van der Waals surface area contributed by atoms with Crippen LogP contribution in [-0.2, 0) is 33.3 Å². The van der Waals surface area contributed by atoms with Crippen LogP contribution in [0.3, 0.4) is 0 Å². The zero-order valence-electron chi connectivity index (χ0n) is 30.3. The molecule has 3 aromatic rings. The van der Waals surface area contributed by atoms with E-state index in [9.17, 15) is 14.4 Å². The smallest absolute Gasteiger partial charge is 0.338 e. The first-order valence-electron chi connectivity index (χ1n) is 18.3. The summed E-state index contributed by atoms with van der Waals surface area (Å²) in [5.41, 5.74) is 2.62. The minimum Gasteiger partial charge on any atom is -0.472 e. The molecule has 4 fully saturated rings. The molecule has 0 spiro atoms. The highest BCUT2D eigenvalue weighted by atomic mass is 16.6. The first kappa shape index (κ1) is 34.6. The summed E-state index contributed by atoms with van der Waals surface area (Å²) in [6, 6.07) is 20.5. The molecule has 52 heavy (non-hydrogen) atoms. The number of allylic oxidation sites excluding steroid dienone is 1. The molecule has 0 amide bonds. The molecule has 2 saturated carbocycles. The van der Waals surface area contributed by atoms with E-state index in [0.29, 0.717) is 12.2 Å². The third-order valence-corrected chi connectivity index (χ3v) is 13.4. The number of methoxy groups -OCH3 is 1. The van der Waals surface area contributed by atoms with Gasteiger partial charge in [-0.05, 0) is 60.2 Å². The highest BCUT2D eigenvalue weighted by Crippen LogP contribution is 2.74. The van der Waals surface area contributed by atoms with Crippen LogP contribution >= 0.6 is 0 Å². The van der Waals surface area contributed by atoms with Gasteiger partial charge in [0, 0.05) is 47.0 Å². The van der Waals surface area contributed by atoms with Gasteiger partial charge in [0.05, 0.1) is 50.1 Å². The molecular weight excluding hydrogens is 660 g/mol. The third-order valence-electron chi connectivity index (χ3n) is 13.4. The molecule has 11 atom stereocenters. The van der Waals surface area contributed by atoms with Crippen molar-refractivity contribution in [2.75, 3.05) is 13.7 Å². The lowest BCUT2D eigenvalue weighted by Gasteiger charge is -2.65. The van der Waals surface area contributed by atoms with E-state index in [4.69, 9.17) is 28.1 Å². The van der Waals surface area contributed by atoms with Crippen LogP contribution in [0.5, 0.6) is 0 Å². The molecule has 3 aliphatic carbocycles. The summed E-state index contributed by atoms with van der Waals surface area (Å²) >= 11 is 0. The molecule has 9 nitrogen and oxygen atoms in total.